The second-order valence-corrected chi connectivity index (χ2v) is 8.46. The van der Waals surface area contributed by atoms with Gasteiger partial charge in [-0.3, -0.25) is 4.79 Å². The molecule has 2 aromatic carbocycles. The summed E-state index contributed by atoms with van der Waals surface area (Å²) in [5.41, 5.74) is 2.46. The van der Waals surface area contributed by atoms with Gasteiger partial charge in [0.25, 0.3) is 5.91 Å². The van der Waals surface area contributed by atoms with Gasteiger partial charge in [0.05, 0.1) is 11.5 Å². The predicted molar refractivity (Wildman–Crippen MR) is 110 cm³/mol. The summed E-state index contributed by atoms with van der Waals surface area (Å²) < 4.78 is 32.1. The van der Waals surface area contributed by atoms with Gasteiger partial charge >= 0.3 is 0 Å². The lowest BCUT2D eigenvalue weighted by Crippen LogP contribution is -2.35. The minimum atomic E-state index is -3.66. The number of benzene rings is 2. The van der Waals surface area contributed by atoms with Crippen molar-refractivity contribution in [3.05, 3.63) is 59.7 Å². The minimum absolute atomic E-state index is 0.103. The third-order valence-electron chi connectivity index (χ3n) is 4.11. The molecule has 0 fully saturated rings. The van der Waals surface area contributed by atoms with Crippen LogP contribution in [-0.2, 0) is 21.3 Å². The van der Waals surface area contributed by atoms with E-state index in [1.54, 1.807) is 6.92 Å². The van der Waals surface area contributed by atoms with Crippen molar-refractivity contribution in [2.75, 3.05) is 32.7 Å². The molecule has 0 heterocycles. The first-order valence-electron chi connectivity index (χ1n) is 8.88. The Balaban J connectivity index is 1.97. The zero-order valence-electron chi connectivity index (χ0n) is 16.6. The molecule has 0 aromatic heterocycles. The molecule has 152 valence electrons. The minimum Gasteiger partial charge on any atom is -0.383 e. The Morgan fingerprint density at radius 2 is 1.68 bits per heavy atom. The highest BCUT2D eigenvalue weighted by atomic mass is 32.2. The van der Waals surface area contributed by atoms with Gasteiger partial charge in [-0.1, -0.05) is 12.1 Å². The fraction of sp³-hybridized carbons (Fsp3) is 0.350. The van der Waals surface area contributed by atoms with Crippen molar-refractivity contribution in [3.63, 3.8) is 0 Å². The van der Waals surface area contributed by atoms with Crippen molar-refractivity contribution < 1.29 is 17.9 Å². The van der Waals surface area contributed by atoms with Gasteiger partial charge in [0.1, 0.15) is 0 Å². The highest BCUT2D eigenvalue weighted by molar-refractivity contribution is 7.89. The van der Waals surface area contributed by atoms with Crippen molar-refractivity contribution in [3.8, 4) is 0 Å². The number of hydrogen-bond donors (Lipinski definition) is 2. The van der Waals surface area contributed by atoms with E-state index in [0.717, 1.165) is 11.3 Å². The quantitative estimate of drug-likeness (QED) is 0.666. The molecule has 0 spiro atoms. The summed E-state index contributed by atoms with van der Waals surface area (Å²) in [7, 11) is 1.79. The molecule has 2 N–H and O–H groups in total. The average Bonchev–Trinajstić information content (AvgIpc) is 2.66. The lowest BCUT2D eigenvalue weighted by molar-refractivity contribution is 0.0951. The van der Waals surface area contributed by atoms with E-state index >= 15 is 0 Å². The largest absolute Gasteiger partial charge is 0.383 e. The Labute approximate surface area is 166 Å². The first kappa shape index (κ1) is 21.9. The average molecular weight is 406 g/mol. The smallest absolute Gasteiger partial charge is 0.251 e. The first-order valence-corrected chi connectivity index (χ1v) is 10.4. The van der Waals surface area contributed by atoms with Gasteiger partial charge in [-0.25, -0.2) is 13.1 Å². The van der Waals surface area contributed by atoms with E-state index in [0.29, 0.717) is 12.1 Å². The van der Waals surface area contributed by atoms with Crippen molar-refractivity contribution in [1.82, 2.24) is 10.0 Å². The number of ether oxygens (including phenoxy) is 1. The van der Waals surface area contributed by atoms with E-state index in [4.69, 9.17) is 4.74 Å². The number of methoxy groups -OCH3 is 1. The molecule has 8 heteroatoms. The number of anilines is 1. The Morgan fingerprint density at radius 1 is 1.07 bits per heavy atom. The van der Waals surface area contributed by atoms with Crippen LogP contribution in [0.5, 0.6) is 0 Å². The molecule has 2 rings (SSSR count). The van der Waals surface area contributed by atoms with E-state index in [1.165, 1.54) is 31.4 Å². The molecular formula is C20H27N3O4S. The lowest BCUT2D eigenvalue weighted by Gasteiger charge is -2.14. The number of sulfonamides is 1. The number of hydrogen-bond acceptors (Lipinski definition) is 5. The van der Waals surface area contributed by atoms with Gasteiger partial charge in [0.2, 0.25) is 10.0 Å². The highest BCUT2D eigenvalue weighted by Crippen LogP contribution is 2.13. The summed E-state index contributed by atoms with van der Waals surface area (Å²) in [6, 6.07) is 13.4. The van der Waals surface area contributed by atoms with E-state index in [9.17, 15) is 13.2 Å². The molecule has 0 unspecified atom stereocenters. The zero-order chi connectivity index (χ0) is 20.7. The SMILES string of the molecule is COC[C@@H](C)NS(=O)(=O)c1ccc(C(=O)NCc2ccc(N(C)C)cc2)cc1. The van der Waals surface area contributed by atoms with Crippen LogP contribution >= 0.6 is 0 Å². The maximum Gasteiger partial charge on any atom is 0.251 e. The van der Waals surface area contributed by atoms with Crippen LogP contribution in [0.4, 0.5) is 5.69 Å². The van der Waals surface area contributed by atoms with E-state index in [1.807, 2.05) is 43.3 Å². The highest BCUT2D eigenvalue weighted by Gasteiger charge is 2.17. The standard InChI is InChI=1S/C20H27N3O4S/c1-15(14-27-4)22-28(25,26)19-11-7-17(8-12-19)20(24)21-13-16-5-9-18(10-6-16)23(2)3/h5-12,15,22H,13-14H2,1-4H3,(H,21,24)/t15-/m1/s1. The molecule has 1 atom stereocenters. The van der Waals surface area contributed by atoms with Gasteiger partial charge < -0.3 is 15.0 Å². The first-order chi connectivity index (χ1) is 13.2. The third-order valence-corrected chi connectivity index (χ3v) is 5.71. The van der Waals surface area contributed by atoms with Crippen molar-refractivity contribution in [1.29, 1.82) is 0 Å². The molecule has 0 radical (unpaired) electrons. The van der Waals surface area contributed by atoms with Crippen LogP contribution in [0.1, 0.15) is 22.8 Å². The monoisotopic (exact) mass is 405 g/mol. The van der Waals surface area contributed by atoms with Crippen LogP contribution in [0.3, 0.4) is 0 Å². The summed E-state index contributed by atoms with van der Waals surface area (Å²) in [4.78, 5) is 14.4. The van der Waals surface area contributed by atoms with Crippen LogP contribution in [0, 0.1) is 0 Å². The molecule has 0 saturated carbocycles. The molecule has 0 bridgehead atoms. The van der Waals surface area contributed by atoms with Gasteiger partial charge in [0.15, 0.2) is 0 Å². The maximum absolute atomic E-state index is 12.3. The summed E-state index contributed by atoms with van der Waals surface area (Å²) >= 11 is 0. The Morgan fingerprint density at radius 3 is 2.21 bits per heavy atom. The molecule has 0 aliphatic carbocycles. The van der Waals surface area contributed by atoms with E-state index in [2.05, 4.69) is 10.0 Å². The maximum atomic E-state index is 12.3. The van der Waals surface area contributed by atoms with Crippen molar-refractivity contribution in [2.24, 2.45) is 0 Å². The Hall–Kier alpha value is -2.42. The summed E-state index contributed by atoms with van der Waals surface area (Å²) in [6.45, 7) is 2.38. The van der Waals surface area contributed by atoms with Gasteiger partial charge in [-0.15, -0.1) is 0 Å². The van der Waals surface area contributed by atoms with Gasteiger partial charge in [-0.05, 0) is 48.9 Å². The number of nitrogens with one attached hydrogen (secondary N) is 2. The van der Waals surface area contributed by atoms with Crippen LogP contribution in [0.2, 0.25) is 0 Å². The summed E-state index contributed by atoms with van der Waals surface area (Å²) in [6.07, 6.45) is 0. The van der Waals surface area contributed by atoms with Crippen LogP contribution in [0.15, 0.2) is 53.4 Å². The molecule has 2 aromatic rings. The zero-order valence-corrected chi connectivity index (χ0v) is 17.4. The lowest BCUT2D eigenvalue weighted by atomic mass is 10.2. The topological polar surface area (TPSA) is 87.7 Å². The Bertz CT molecular complexity index is 879. The number of nitrogens with zero attached hydrogens (tertiary/aromatic N) is 1. The van der Waals surface area contributed by atoms with Gasteiger partial charge in [0, 0.05) is 45.0 Å². The fourth-order valence-electron chi connectivity index (χ4n) is 2.60. The normalized spacial score (nSPS) is 12.4. The van der Waals surface area contributed by atoms with Crippen LogP contribution in [0.25, 0.3) is 0 Å². The molecule has 0 saturated heterocycles. The number of amides is 1. The molecule has 0 aliphatic heterocycles. The number of carbonyl (C=O) groups is 1. The summed E-state index contributed by atoms with van der Waals surface area (Å²) in [5, 5.41) is 2.84. The van der Waals surface area contributed by atoms with Crippen LogP contribution < -0.4 is 14.9 Å². The second kappa shape index (κ2) is 9.68. The third kappa shape index (κ3) is 6.05. The Kier molecular flexibility index (Phi) is 7.56. The number of rotatable bonds is 9. The number of carbonyl (C=O) groups excluding carboxylic acids is 1. The van der Waals surface area contributed by atoms with Crippen molar-refractivity contribution >= 4 is 21.6 Å². The molecule has 7 nitrogen and oxygen atoms in total. The molecule has 28 heavy (non-hydrogen) atoms. The molecule has 0 aliphatic rings. The van der Waals surface area contributed by atoms with Gasteiger partial charge in [-0.2, -0.15) is 0 Å². The fourth-order valence-corrected chi connectivity index (χ4v) is 3.83. The summed E-state index contributed by atoms with van der Waals surface area (Å²) in [5.74, 6) is -0.263. The molecule has 1 amide bonds. The predicted octanol–water partition coefficient (Wildman–Crippen LogP) is 2.00. The second-order valence-electron chi connectivity index (χ2n) is 6.75. The molecular weight excluding hydrogens is 378 g/mol. The van der Waals surface area contributed by atoms with E-state index in [-0.39, 0.29) is 23.5 Å². The van der Waals surface area contributed by atoms with Crippen molar-refractivity contribution in [2.45, 2.75) is 24.4 Å². The van der Waals surface area contributed by atoms with E-state index < -0.39 is 10.0 Å². The van der Waals surface area contributed by atoms with Crippen LogP contribution in [-0.4, -0.2) is 48.2 Å².